The number of fused-ring (bicyclic) bond motifs is 5. The van der Waals surface area contributed by atoms with E-state index in [0.717, 1.165) is 23.5 Å². The highest BCUT2D eigenvalue weighted by atomic mass is 15.2. The Balaban J connectivity index is 1.08. The number of nitrogens with zero attached hydrogens (tertiary/aromatic N) is 2. The molecule has 0 bridgehead atoms. The monoisotopic (exact) mass is 716 g/mol. The zero-order chi connectivity index (χ0) is 37.3. The van der Waals surface area contributed by atoms with E-state index in [2.05, 4.69) is 234 Å². The second kappa shape index (κ2) is 14.6. The molecule has 1 aliphatic carbocycles. The van der Waals surface area contributed by atoms with Gasteiger partial charge in [0.15, 0.2) is 0 Å². The Morgan fingerprint density at radius 2 is 0.732 bits per heavy atom. The molecular formula is C54H40N2. The van der Waals surface area contributed by atoms with Crippen LogP contribution in [0.5, 0.6) is 0 Å². The summed E-state index contributed by atoms with van der Waals surface area (Å²) in [4.78, 5) is 4.76. The van der Waals surface area contributed by atoms with Crippen molar-refractivity contribution in [2.24, 2.45) is 0 Å². The van der Waals surface area contributed by atoms with Gasteiger partial charge in [-0.2, -0.15) is 0 Å². The fourth-order valence-corrected chi connectivity index (χ4v) is 8.50. The molecule has 0 spiro atoms. The van der Waals surface area contributed by atoms with Crippen LogP contribution >= 0.6 is 0 Å². The van der Waals surface area contributed by atoms with E-state index in [0.29, 0.717) is 0 Å². The standard InChI is InChI=1S/C54H40N2/c1-5-17-41(18-6-1)55(42-19-7-2-8-20-42)45-33-29-39(30-34-45)51-37-53-50-28-16-14-26-48(50)52(38-54(53)49-27-15-13-25-47(49)51)40-31-35-46(36-32-40)56(43-21-9-3-10-22-43)44-23-11-4-12-24-44/h1-23,25-38,44H,24H2. The van der Waals surface area contributed by atoms with E-state index in [4.69, 9.17) is 0 Å². The number of anilines is 5. The van der Waals surface area contributed by atoms with Crippen molar-refractivity contribution in [3.63, 3.8) is 0 Å². The van der Waals surface area contributed by atoms with Crippen LogP contribution in [0.15, 0.2) is 224 Å². The Morgan fingerprint density at radius 1 is 0.339 bits per heavy atom. The van der Waals surface area contributed by atoms with Crippen LogP contribution in [0.25, 0.3) is 54.6 Å². The molecule has 2 nitrogen and oxygen atoms in total. The van der Waals surface area contributed by atoms with Crippen LogP contribution in [0.3, 0.4) is 0 Å². The average molecular weight is 717 g/mol. The first-order valence-corrected chi connectivity index (χ1v) is 19.5. The van der Waals surface area contributed by atoms with E-state index in [-0.39, 0.29) is 6.04 Å². The molecule has 266 valence electrons. The third kappa shape index (κ3) is 6.12. The first-order valence-electron chi connectivity index (χ1n) is 19.5. The van der Waals surface area contributed by atoms with Crippen LogP contribution in [-0.4, -0.2) is 6.04 Å². The quantitative estimate of drug-likeness (QED) is 0.144. The Bertz CT molecular complexity index is 2820. The van der Waals surface area contributed by atoms with Gasteiger partial charge in [0.2, 0.25) is 0 Å². The first kappa shape index (κ1) is 33.4. The van der Waals surface area contributed by atoms with Gasteiger partial charge < -0.3 is 9.80 Å². The van der Waals surface area contributed by atoms with E-state index in [1.807, 2.05) is 0 Å². The van der Waals surface area contributed by atoms with Gasteiger partial charge in [-0.25, -0.2) is 0 Å². The Labute approximate surface area is 328 Å². The van der Waals surface area contributed by atoms with E-state index >= 15 is 0 Å². The fraction of sp³-hybridized carbons (Fsp3) is 0.0370. The number of benzene rings is 9. The first-order chi connectivity index (χ1) is 27.8. The summed E-state index contributed by atoms with van der Waals surface area (Å²) in [6, 6.07) is 73.0. The van der Waals surface area contributed by atoms with Gasteiger partial charge in [0.25, 0.3) is 0 Å². The number of para-hydroxylation sites is 3. The van der Waals surface area contributed by atoms with Gasteiger partial charge >= 0.3 is 0 Å². The maximum Gasteiger partial charge on any atom is 0.0559 e. The lowest BCUT2D eigenvalue weighted by molar-refractivity contribution is 0.785. The molecular weight excluding hydrogens is 677 g/mol. The number of hydrogen-bond donors (Lipinski definition) is 0. The molecule has 9 aromatic carbocycles. The summed E-state index contributed by atoms with van der Waals surface area (Å²) in [6.45, 7) is 0. The number of allylic oxidation sites excluding steroid dienone is 2. The Morgan fingerprint density at radius 3 is 1.20 bits per heavy atom. The molecule has 1 unspecified atom stereocenters. The molecule has 1 atom stereocenters. The lowest BCUT2D eigenvalue weighted by atomic mass is 9.87. The zero-order valence-corrected chi connectivity index (χ0v) is 31.0. The van der Waals surface area contributed by atoms with E-state index in [1.54, 1.807) is 0 Å². The maximum atomic E-state index is 2.45. The average Bonchev–Trinajstić information content (AvgIpc) is 3.28. The zero-order valence-electron chi connectivity index (χ0n) is 31.0. The SMILES string of the molecule is C1=CCC(N(c2ccccc2)c2ccc(-c3cc4c5ccccc5c(-c5ccc(N(c6ccccc6)c6ccccc6)cc5)cc4c4ccccc34)cc2)C=C1. The Hall–Kier alpha value is -7.16. The van der Waals surface area contributed by atoms with Crippen molar-refractivity contribution in [3.8, 4) is 22.3 Å². The summed E-state index contributed by atoms with van der Waals surface area (Å²) in [5.74, 6) is 0. The molecule has 0 N–H and O–H groups in total. The van der Waals surface area contributed by atoms with Gasteiger partial charge in [0.1, 0.15) is 0 Å². The van der Waals surface area contributed by atoms with Crippen molar-refractivity contribution in [2.75, 3.05) is 9.80 Å². The number of rotatable bonds is 8. The molecule has 9 aromatic rings. The van der Waals surface area contributed by atoms with Crippen LogP contribution < -0.4 is 9.80 Å². The molecule has 0 aromatic heterocycles. The van der Waals surface area contributed by atoms with Crippen molar-refractivity contribution in [1.82, 2.24) is 0 Å². The second-order valence-corrected chi connectivity index (χ2v) is 14.5. The normalized spacial score (nSPS) is 13.7. The maximum absolute atomic E-state index is 2.45. The highest BCUT2D eigenvalue weighted by molar-refractivity contribution is 6.23. The van der Waals surface area contributed by atoms with Crippen LogP contribution in [0.1, 0.15) is 6.42 Å². The summed E-state index contributed by atoms with van der Waals surface area (Å²) in [6.07, 6.45) is 9.84. The van der Waals surface area contributed by atoms with Gasteiger partial charge in [0, 0.05) is 28.4 Å². The molecule has 1 aliphatic rings. The molecule has 0 aliphatic heterocycles. The molecule has 0 radical (unpaired) electrons. The van der Waals surface area contributed by atoms with Gasteiger partial charge in [-0.05, 0) is 134 Å². The largest absolute Gasteiger partial charge is 0.334 e. The molecule has 0 fully saturated rings. The molecule has 0 saturated carbocycles. The highest BCUT2D eigenvalue weighted by Crippen LogP contribution is 2.43. The third-order valence-electron chi connectivity index (χ3n) is 11.1. The second-order valence-electron chi connectivity index (χ2n) is 14.5. The summed E-state index contributed by atoms with van der Waals surface area (Å²) < 4.78 is 0. The van der Waals surface area contributed by atoms with Gasteiger partial charge in [0.05, 0.1) is 6.04 Å². The van der Waals surface area contributed by atoms with E-state index in [9.17, 15) is 0 Å². The fourth-order valence-electron chi connectivity index (χ4n) is 8.50. The highest BCUT2D eigenvalue weighted by Gasteiger charge is 2.20. The summed E-state index contributed by atoms with van der Waals surface area (Å²) in [5.41, 5.74) is 10.7. The minimum atomic E-state index is 0.262. The molecule has 0 heterocycles. The number of hydrogen-bond acceptors (Lipinski definition) is 2. The molecule has 2 heteroatoms. The summed E-state index contributed by atoms with van der Waals surface area (Å²) in [5, 5.41) is 7.56. The molecule has 56 heavy (non-hydrogen) atoms. The summed E-state index contributed by atoms with van der Waals surface area (Å²) >= 11 is 0. The predicted octanol–water partition coefficient (Wildman–Crippen LogP) is 15.0. The minimum Gasteiger partial charge on any atom is -0.334 e. The minimum absolute atomic E-state index is 0.262. The lowest BCUT2D eigenvalue weighted by Crippen LogP contribution is -2.29. The van der Waals surface area contributed by atoms with Gasteiger partial charge in [-0.1, -0.05) is 152 Å². The van der Waals surface area contributed by atoms with Crippen molar-refractivity contribution in [3.05, 3.63) is 224 Å². The van der Waals surface area contributed by atoms with Crippen molar-refractivity contribution in [2.45, 2.75) is 12.5 Å². The van der Waals surface area contributed by atoms with E-state index in [1.165, 1.54) is 65.9 Å². The van der Waals surface area contributed by atoms with Crippen LogP contribution in [0.4, 0.5) is 28.4 Å². The lowest BCUT2D eigenvalue weighted by Gasteiger charge is -2.32. The topological polar surface area (TPSA) is 6.48 Å². The Kier molecular flexibility index (Phi) is 8.70. The van der Waals surface area contributed by atoms with Crippen molar-refractivity contribution < 1.29 is 0 Å². The van der Waals surface area contributed by atoms with Crippen molar-refractivity contribution >= 4 is 60.8 Å². The molecule has 10 rings (SSSR count). The molecule has 0 amide bonds. The smallest absolute Gasteiger partial charge is 0.0559 e. The van der Waals surface area contributed by atoms with Crippen LogP contribution in [0, 0.1) is 0 Å². The van der Waals surface area contributed by atoms with Crippen molar-refractivity contribution in [1.29, 1.82) is 0 Å². The van der Waals surface area contributed by atoms with Crippen LogP contribution in [0.2, 0.25) is 0 Å². The van der Waals surface area contributed by atoms with Gasteiger partial charge in [-0.15, -0.1) is 0 Å². The summed E-state index contributed by atoms with van der Waals surface area (Å²) in [7, 11) is 0. The van der Waals surface area contributed by atoms with Gasteiger partial charge in [-0.3, -0.25) is 0 Å². The predicted molar refractivity (Wildman–Crippen MR) is 240 cm³/mol. The van der Waals surface area contributed by atoms with Crippen LogP contribution in [-0.2, 0) is 0 Å². The molecule has 0 saturated heterocycles. The van der Waals surface area contributed by atoms with E-state index < -0.39 is 0 Å². The third-order valence-corrected chi connectivity index (χ3v) is 11.1.